The molecule has 9 heteroatoms. The number of hydrogen-bond donors (Lipinski definition) is 1. The van der Waals surface area contributed by atoms with Crippen molar-refractivity contribution in [3.05, 3.63) is 29.7 Å². The Kier molecular flexibility index (Phi) is 5.75. The molecular formula is C17H22FIN3O3P. The molecule has 0 bridgehead atoms. The first-order valence-electron chi connectivity index (χ1n) is 8.39. The van der Waals surface area contributed by atoms with Gasteiger partial charge in [-0.05, 0) is 66.9 Å². The first kappa shape index (κ1) is 19.8. The number of halogens is 2. The number of carbonyl (C=O) groups excluding carboxylic acids is 1. The fraction of sp³-hybridized carbons (Fsp3) is 0.529. The fourth-order valence-corrected chi connectivity index (χ4v) is 4.74. The minimum absolute atomic E-state index is 0.129. The quantitative estimate of drug-likeness (QED) is 0.507. The molecule has 3 unspecified atom stereocenters. The molecule has 0 saturated carbocycles. The minimum atomic E-state index is -0.846. The maximum atomic E-state index is 14.6. The Morgan fingerprint density at radius 3 is 2.81 bits per heavy atom. The number of benzene rings is 1. The summed E-state index contributed by atoms with van der Waals surface area (Å²) in [6.45, 7) is 5.95. The Morgan fingerprint density at radius 1 is 1.46 bits per heavy atom. The number of amides is 1. The van der Waals surface area contributed by atoms with Gasteiger partial charge in [-0.3, -0.25) is 0 Å². The van der Waals surface area contributed by atoms with Crippen LogP contribution in [0, 0.1) is 5.82 Å². The average Bonchev–Trinajstić information content (AvgIpc) is 2.94. The third-order valence-electron chi connectivity index (χ3n) is 4.40. The molecule has 1 saturated heterocycles. The molecule has 1 aromatic heterocycles. The summed E-state index contributed by atoms with van der Waals surface area (Å²) < 4.78 is 21.8. The molecule has 6 nitrogen and oxygen atoms in total. The van der Waals surface area contributed by atoms with Crippen LogP contribution in [-0.2, 0) is 4.74 Å². The van der Waals surface area contributed by atoms with Crippen molar-refractivity contribution in [3.63, 3.8) is 0 Å². The van der Waals surface area contributed by atoms with E-state index in [1.54, 1.807) is 33.0 Å². The molecule has 3 rings (SSSR count). The highest BCUT2D eigenvalue weighted by Gasteiger charge is 2.34. The normalized spacial score (nSPS) is 21.7. The number of aliphatic hydroxyl groups is 1. The summed E-state index contributed by atoms with van der Waals surface area (Å²) in [6.07, 6.45) is 1.24. The van der Waals surface area contributed by atoms with E-state index in [9.17, 15) is 14.3 Å². The lowest BCUT2D eigenvalue weighted by molar-refractivity contribution is -0.00179. The van der Waals surface area contributed by atoms with Gasteiger partial charge in [-0.2, -0.15) is 5.10 Å². The standard InChI is InChI=1S/C17H22FIN3O3P/c1-17(2,3)25-16(24)21-5-4-11(15(23)9-21)12-7-14-10(6-13(12)18)8-20-22(14)26-19/h6-8,11,15,23,26H,4-5,9H2,1-3H3. The highest BCUT2D eigenvalue weighted by molar-refractivity contribution is 14.2. The van der Waals surface area contributed by atoms with Crippen LogP contribution in [0.25, 0.3) is 10.9 Å². The van der Waals surface area contributed by atoms with Gasteiger partial charge in [-0.25, -0.2) is 13.6 Å². The van der Waals surface area contributed by atoms with E-state index in [2.05, 4.69) is 27.1 Å². The molecule has 1 fully saturated rings. The van der Waals surface area contributed by atoms with E-state index in [4.69, 9.17) is 4.74 Å². The van der Waals surface area contributed by atoms with Crippen LogP contribution in [0.5, 0.6) is 0 Å². The van der Waals surface area contributed by atoms with Gasteiger partial charge in [0, 0.05) is 17.8 Å². The average molecular weight is 493 g/mol. The summed E-state index contributed by atoms with van der Waals surface area (Å²) in [5, 5.41) is 15.6. The molecule has 2 heterocycles. The molecule has 1 N–H and O–H groups in total. The Balaban J connectivity index is 1.80. The summed E-state index contributed by atoms with van der Waals surface area (Å²) in [4.78, 5) is 13.7. The number of likely N-dealkylation sites (tertiary alicyclic amines) is 1. The Morgan fingerprint density at radius 2 is 2.19 bits per heavy atom. The van der Waals surface area contributed by atoms with E-state index in [0.29, 0.717) is 24.9 Å². The van der Waals surface area contributed by atoms with Gasteiger partial charge in [0.15, 0.2) is 0 Å². The lowest BCUT2D eigenvalue weighted by atomic mass is 9.86. The highest BCUT2D eigenvalue weighted by atomic mass is 127. The van der Waals surface area contributed by atoms with Crippen LogP contribution in [0.15, 0.2) is 18.3 Å². The SMILES string of the molecule is CC(C)(C)OC(=O)N1CCC(c2cc3c(cnn3PI)cc2F)C(O)C1. The lowest BCUT2D eigenvalue weighted by Gasteiger charge is -2.37. The minimum Gasteiger partial charge on any atom is -0.444 e. The smallest absolute Gasteiger partial charge is 0.410 e. The van der Waals surface area contributed by atoms with Crippen LogP contribution in [0.1, 0.15) is 38.7 Å². The number of aromatic nitrogens is 2. The lowest BCUT2D eigenvalue weighted by Crippen LogP contribution is -2.47. The summed E-state index contributed by atoms with van der Waals surface area (Å²) >= 11 is 2.22. The van der Waals surface area contributed by atoms with E-state index in [1.807, 2.05) is 4.45 Å². The number of ether oxygens (including phenoxy) is 1. The molecule has 1 aromatic carbocycles. The van der Waals surface area contributed by atoms with E-state index in [0.717, 1.165) is 10.9 Å². The molecule has 0 radical (unpaired) electrons. The van der Waals surface area contributed by atoms with Crippen molar-refractivity contribution in [3.8, 4) is 0 Å². The second-order valence-electron chi connectivity index (χ2n) is 7.46. The number of piperidine rings is 1. The van der Waals surface area contributed by atoms with Gasteiger partial charge >= 0.3 is 6.09 Å². The van der Waals surface area contributed by atoms with Crippen molar-refractivity contribution in [2.24, 2.45) is 0 Å². The number of β-amino-alcohol motifs (C(OH)–C–C–N with tert-alkyl or cyclic N) is 1. The predicted molar refractivity (Wildman–Crippen MR) is 109 cm³/mol. The number of carbonyl (C=O) groups is 1. The molecule has 1 aliphatic heterocycles. The highest BCUT2D eigenvalue weighted by Crippen LogP contribution is 2.35. The van der Waals surface area contributed by atoms with Crippen molar-refractivity contribution in [2.75, 3.05) is 13.1 Å². The van der Waals surface area contributed by atoms with E-state index < -0.39 is 17.8 Å². The predicted octanol–water partition coefficient (Wildman–Crippen LogP) is 4.05. The van der Waals surface area contributed by atoms with Crippen LogP contribution >= 0.6 is 28.4 Å². The van der Waals surface area contributed by atoms with Crippen molar-refractivity contribution in [1.82, 2.24) is 14.5 Å². The van der Waals surface area contributed by atoms with Crippen LogP contribution in [-0.4, -0.2) is 50.4 Å². The van der Waals surface area contributed by atoms with Crippen LogP contribution < -0.4 is 0 Å². The maximum Gasteiger partial charge on any atom is 0.410 e. The molecule has 2 aromatic rings. The number of aliphatic hydroxyl groups excluding tert-OH is 1. The number of fused-ring (bicyclic) bond motifs is 1. The van der Waals surface area contributed by atoms with Crippen molar-refractivity contribution in [2.45, 2.75) is 44.8 Å². The Hall–Kier alpha value is -0.990. The van der Waals surface area contributed by atoms with Crippen molar-refractivity contribution >= 4 is 45.4 Å². The van der Waals surface area contributed by atoms with Crippen molar-refractivity contribution in [1.29, 1.82) is 0 Å². The van der Waals surface area contributed by atoms with Gasteiger partial charge in [0.05, 0.1) is 30.7 Å². The second kappa shape index (κ2) is 7.56. The molecule has 0 spiro atoms. The monoisotopic (exact) mass is 493 g/mol. The van der Waals surface area contributed by atoms with Gasteiger partial charge in [0.2, 0.25) is 0 Å². The molecule has 26 heavy (non-hydrogen) atoms. The van der Waals surface area contributed by atoms with E-state index >= 15 is 0 Å². The summed E-state index contributed by atoms with van der Waals surface area (Å²) in [6, 6.07) is 3.25. The number of nitrogens with zero attached hydrogens (tertiary/aromatic N) is 3. The zero-order valence-electron chi connectivity index (χ0n) is 14.9. The second-order valence-corrected chi connectivity index (χ2v) is 9.50. The largest absolute Gasteiger partial charge is 0.444 e. The Bertz CT molecular complexity index is 823. The zero-order valence-corrected chi connectivity index (χ0v) is 18.0. The Labute approximate surface area is 166 Å². The van der Waals surface area contributed by atoms with Crippen molar-refractivity contribution < 1.29 is 19.0 Å². The molecule has 142 valence electrons. The molecule has 1 amide bonds. The summed E-state index contributed by atoms with van der Waals surface area (Å²) in [7, 11) is 0. The summed E-state index contributed by atoms with van der Waals surface area (Å²) in [5.41, 5.74) is 0.746. The van der Waals surface area contributed by atoms with Crippen LogP contribution in [0.4, 0.5) is 9.18 Å². The number of hydrogen-bond acceptors (Lipinski definition) is 4. The van der Waals surface area contributed by atoms with Gasteiger partial charge in [0.25, 0.3) is 0 Å². The fourth-order valence-electron chi connectivity index (χ4n) is 3.20. The first-order valence-corrected chi connectivity index (χ1v) is 12.5. The van der Waals surface area contributed by atoms with Gasteiger partial charge in [0.1, 0.15) is 11.4 Å². The maximum absolute atomic E-state index is 14.6. The third-order valence-corrected chi connectivity index (χ3v) is 6.29. The molecule has 0 aliphatic carbocycles. The summed E-state index contributed by atoms with van der Waals surface area (Å²) in [5.74, 6) is -0.706. The van der Waals surface area contributed by atoms with Crippen LogP contribution in [0.2, 0.25) is 0 Å². The van der Waals surface area contributed by atoms with E-state index in [1.165, 1.54) is 11.0 Å². The van der Waals surface area contributed by atoms with Crippen LogP contribution in [0.3, 0.4) is 0 Å². The van der Waals surface area contributed by atoms with E-state index in [-0.39, 0.29) is 18.3 Å². The topological polar surface area (TPSA) is 67.6 Å². The molecule has 3 atom stereocenters. The molecular weight excluding hydrogens is 471 g/mol. The zero-order chi connectivity index (χ0) is 19.1. The third kappa shape index (κ3) is 4.12. The van der Waals surface area contributed by atoms with Gasteiger partial charge in [-0.15, -0.1) is 0 Å². The number of rotatable bonds is 2. The molecule has 1 aliphatic rings. The van der Waals surface area contributed by atoms with Gasteiger partial charge < -0.3 is 14.7 Å². The first-order chi connectivity index (χ1) is 12.2. The van der Waals surface area contributed by atoms with Gasteiger partial charge in [-0.1, -0.05) is 0 Å².